The SMILES string of the molecule is CN1CCC(C(=O)c2cccc(NC(=O)c3ccc(F)cc3C(F)(F)F)n2)CC1.Cl. The molecule has 3 rings (SSSR count). The topological polar surface area (TPSA) is 62.3 Å². The van der Waals surface area contributed by atoms with Crippen molar-refractivity contribution in [3.63, 3.8) is 0 Å². The van der Waals surface area contributed by atoms with E-state index in [9.17, 15) is 27.2 Å². The summed E-state index contributed by atoms with van der Waals surface area (Å²) in [6, 6.07) is 6.19. The van der Waals surface area contributed by atoms with Crippen LogP contribution in [-0.2, 0) is 6.18 Å². The van der Waals surface area contributed by atoms with Crippen molar-refractivity contribution < 1.29 is 27.2 Å². The molecule has 2 aromatic rings. The zero-order valence-electron chi connectivity index (χ0n) is 16.0. The van der Waals surface area contributed by atoms with E-state index in [1.807, 2.05) is 7.05 Å². The van der Waals surface area contributed by atoms with E-state index < -0.39 is 29.0 Å². The van der Waals surface area contributed by atoms with Gasteiger partial charge in [0.05, 0.1) is 11.1 Å². The smallest absolute Gasteiger partial charge is 0.307 e. The Kier molecular flexibility index (Phi) is 7.54. The second-order valence-electron chi connectivity index (χ2n) is 6.99. The molecule has 2 heterocycles. The molecule has 0 saturated carbocycles. The summed E-state index contributed by atoms with van der Waals surface area (Å²) in [6.07, 6.45) is -3.51. The number of nitrogens with one attached hydrogen (secondary N) is 1. The fraction of sp³-hybridized carbons (Fsp3) is 0.350. The summed E-state index contributed by atoms with van der Waals surface area (Å²) in [5.74, 6) is -2.58. The minimum Gasteiger partial charge on any atom is -0.307 e. The number of rotatable bonds is 4. The van der Waals surface area contributed by atoms with Crippen LogP contribution in [0.3, 0.4) is 0 Å². The Balaban J connectivity index is 0.00000320. The van der Waals surface area contributed by atoms with Crippen molar-refractivity contribution in [2.75, 3.05) is 25.5 Å². The Morgan fingerprint density at radius 1 is 1.13 bits per heavy atom. The van der Waals surface area contributed by atoms with Gasteiger partial charge in [0.15, 0.2) is 5.78 Å². The van der Waals surface area contributed by atoms with Crippen molar-refractivity contribution in [3.8, 4) is 0 Å². The molecule has 1 fully saturated rings. The van der Waals surface area contributed by atoms with Gasteiger partial charge in [0.2, 0.25) is 0 Å². The Morgan fingerprint density at radius 2 is 1.80 bits per heavy atom. The highest BCUT2D eigenvalue weighted by atomic mass is 35.5. The molecule has 0 aliphatic carbocycles. The minimum absolute atomic E-state index is 0. The van der Waals surface area contributed by atoms with Crippen LogP contribution in [-0.4, -0.2) is 41.7 Å². The molecule has 30 heavy (non-hydrogen) atoms. The van der Waals surface area contributed by atoms with Crippen molar-refractivity contribution in [1.29, 1.82) is 0 Å². The summed E-state index contributed by atoms with van der Waals surface area (Å²) in [7, 11) is 1.97. The molecule has 10 heteroatoms. The quantitative estimate of drug-likeness (QED) is 0.558. The third-order valence-corrected chi connectivity index (χ3v) is 4.86. The zero-order chi connectivity index (χ0) is 21.2. The van der Waals surface area contributed by atoms with Crippen LogP contribution >= 0.6 is 12.4 Å². The summed E-state index contributed by atoms with van der Waals surface area (Å²) in [6.45, 7) is 1.58. The number of nitrogens with zero attached hydrogens (tertiary/aromatic N) is 2. The van der Waals surface area contributed by atoms with Crippen molar-refractivity contribution in [3.05, 3.63) is 59.0 Å². The van der Waals surface area contributed by atoms with E-state index in [1.165, 1.54) is 18.2 Å². The molecule has 1 aliphatic heterocycles. The van der Waals surface area contributed by atoms with Gasteiger partial charge in [-0.25, -0.2) is 9.37 Å². The second kappa shape index (κ2) is 9.53. The highest BCUT2D eigenvalue weighted by molar-refractivity contribution is 6.05. The van der Waals surface area contributed by atoms with E-state index in [1.54, 1.807) is 0 Å². The highest BCUT2D eigenvalue weighted by Gasteiger charge is 2.36. The molecule has 0 bridgehead atoms. The number of aromatic nitrogens is 1. The van der Waals surface area contributed by atoms with Gasteiger partial charge in [0.1, 0.15) is 17.3 Å². The monoisotopic (exact) mass is 445 g/mol. The summed E-state index contributed by atoms with van der Waals surface area (Å²) in [5.41, 5.74) is -1.96. The average Bonchev–Trinajstić information content (AvgIpc) is 2.67. The van der Waals surface area contributed by atoms with Gasteiger partial charge in [0.25, 0.3) is 5.91 Å². The number of pyridine rings is 1. The van der Waals surface area contributed by atoms with Gasteiger partial charge in [0, 0.05) is 5.92 Å². The fourth-order valence-corrected chi connectivity index (χ4v) is 3.25. The standard InChI is InChI=1S/C20H19F4N3O2.ClH/c1-27-9-7-12(8-10-27)18(28)16-3-2-4-17(25-16)26-19(29)14-6-5-13(21)11-15(14)20(22,23)24;/h2-6,11-12H,7-10H2,1H3,(H,25,26,29);1H. The Morgan fingerprint density at radius 3 is 2.43 bits per heavy atom. The van der Waals surface area contributed by atoms with Crippen LogP contribution in [0.4, 0.5) is 23.4 Å². The van der Waals surface area contributed by atoms with Gasteiger partial charge < -0.3 is 10.2 Å². The molecule has 1 N–H and O–H groups in total. The number of hydrogen-bond donors (Lipinski definition) is 1. The summed E-state index contributed by atoms with van der Waals surface area (Å²) in [5, 5.41) is 2.26. The van der Waals surface area contributed by atoms with Gasteiger partial charge in [-0.2, -0.15) is 13.2 Å². The second-order valence-corrected chi connectivity index (χ2v) is 6.99. The van der Waals surface area contributed by atoms with Crippen LogP contribution in [0.2, 0.25) is 0 Å². The molecule has 1 amide bonds. The van der Waals surface area contributed by atoms with Crippen LogP contribution in [0.5, 0.6) is 0 Å². The molecule has 1 saturated heterocycles. The maximum Gasteiger partial charge on any atom is 0.417 e. The average molecular weight is 446 g/mol. The third kappa shape index (κ3) is 5.54. The molecule has 0 spiro atoms. The number of amides is 1. The van der Waals surface area contributed by atoms with Crippen molar-refractivity contribution in [1.82, 2.24) is 9.88 Å². The Labute approximate surface area is 176 Å². The number of likely N-dealkylation sites (tertiary alicyclic amines) is 1. The van der Waals surface area contributed by atoms with Crippen LogP contribution in [0.15, 0.2) is 36.4 Å². The molecule has 162 valence electrons. The first-order valence-electron chi connectivity index (χ1n) is 9.03. The lowest BCUT2D eigenvalue weighted by atomic mass is 9.91. The molecular formula is C20H20ClF4N3O2. The first kappa shape index (κ1) is 23.8. The Bertz CT molecular complexity index is 929. The summed E-state index contributed by atoms with van der Waals surface area (Å²) < 4.78 is 52.6. The van der Waals surface area contributed by atoms with E-state index in [2.05, 4.69) is 15.2 Å². The molecular weight excluding hydrogens is 426 g/mol. The number of carbonyl (C=O) groups is 2. The maximum atomic E-state index is 13.2. The Hall–Kier alpha value is -2.52. The van der Waals surface area contributed by atoms with Crippen LogP contribution in [0.25, 0.3) is 0 Å². The van der Waals surface area contributed by atoms with Crippen LogP contribution in [0.1, 0.15) is 39.3 Å². The van der Waals surface area contributed by atoms with Crippen molar-refractivity contribution in [2.24, 2.45) is 5.92 Å². The van der Waals surface area contributed by atoms with E-state index in [-0.39, 0.29) is 41.7 Å². The van der Waals surface area contributed by atoms with E-state index in [0.29, 0.717) is 12.8 Å². The first-order chi connectivity index (χ1) is 13.6. The number of anilines is 1. The molecule has 1 aromatic carbocycles. The molecule has 0 atom stereocenters. The van der Waals surface area contributed by atoms with E-state index in [4.69, 9.17) is 0 Å². The summed E-state index contributed by atoms with van der Waals surface area (Å²) in [4.78, 5) is 31.2. The van der Waals surface area contributed by atoms with Crippen molar-refractivity contribution >= 4 is 29.9 Å². The molecule has 0 radical (unpaired) electrons. The molecule has 5 nitrogen and oxygen atoms in total. The lowest BCUT2D eigenvalue weighted by Crippen LogP contribution is -2.33. The largest absolute Gasteiger partial charge is 0.417 e. The van der Waals surface area contributed by atoms with Gasteiger partial charge in [-0.3, -0.25) is 9.59 Å². The number of halogens is 5. The normalized spacial score (nSPS) is 15.4. The molecule has 1 aliphatic rings. The maximum absolute atomic E-state index is 13.2. The van der Waals surface area contributed by atoms with E-state index in [0.717, 1.165) is 25.2 Å². The van der Waals surface area contributed by atoms with E-state index >= 15 is 0 Å². The van der Waals surface area contributed by atoms with Crippen LogP contribution < -0.4 is 5.32 Å². The summed E-state index contributed by atoms with van der Waals surface area (Å²) >= 11 is 0. The number of ketones is 1. The van der Waals surface area contributed by atoms with Gasteiger partial charge >= 0.3 is 6.18 Å². The molecule has 0 unspecified atom stereocenters. The lowest BCUT2D eigenvalue weighted by Gasteiger charge is -2.27. The minimum atomic E-state index is -4.89. The first-order valence-corrected chi connectivity index (χ1v) is 9.03. The third-order valence-electron chi connectivity index (χ3n) is 4.86. The van der Waals surface area contributed by atoms with Gasteiger partial charge in [-0.15, -0.1) is 12.4 Å². The fourth-order valence-electron chi connectivity index (χ4n) is 3.25. The van der Waals surface area contributed by atoms with Crippen molar-refractivity contribution in [2.45, 2.75) is 19.0 Å². The number of benzene rings is 1. The number of hydrogen-bond acceptors (Lipinski definition) is 4. The van der Waals surface area contributed by atoms with Crippen LogP contribution in [0, 0.1) is 11.7 Å². The number of Topliss-reactive ketones (excluding diaryl/α,β-unsaturated/α-hetero) is 1. The predicted octanol–water partition coefficient (Wildman–Crippen LogP) is 4.44. The predicted molar refractivity (Wildman–Crippen MR) is 105 cm³/mol. The number of alkyl halides is 3. The molecule has 1 aromatic heterocycles. The lowest BCUT2D eigenvalue weighted by molar-refractivity contribution is -0.138. The number of carbonyl (C=O) groups excluding carboxylic acids is 2. The van der Waals surface area contributed by atoms with Gasteiger partial charge in [-0.1, -0.05) is 6.07 Å². The zero-order valence-corrected chi connectivity index (χ0v) is 16.8. The highest BCUT2D eigenvalue weighted by Crippen LogP contribution is 2.33. The van der Waals surface area contributed by atoms with Gasteiger partial charge in [-0.05, 0) is 63.3 Å². The number of piperidine rings is 1.